The Bertz CT molecular complexity index is 965. The molecule has 2 aromatic rings. The fourth-order valence-corrected chi connectivity index (χ4v) is 5.89. The molecule has 27 heavy (non-hydrogen) atoms. The Morgan fingerprint density at radius 2 is 1.85 bits per heavy atom. The van der Waals surface area contributed by atoms with Crippen molar-refractivity contribution in [2.45, 2.75) is 30.7 Å². The Kier molecular flexibility index (Phi) is 3.20. The van der Waals surface area contributed by atoms with Crippen molar-refractivity contribution in [1.29, 1.82) is 0 Å². The highest BCUT2D eigenvalue weighted by Gasteiger charge is 2.57. The Hall–Kier alpha value is -2.43. The first kappa shape index (κ1) is 15.6. The fourth-order valence-electron chi connectivity index (χ4n) is 5.89. The first-order valence-electron chi connectivity index (χ1n) is 9.58. The molecule has 2 saturated heterocycles. The lowest BCUT2D eigenvalue weighted by molar-refractivity contribution is -0.130. The molecule has 4 nitrogen and oxygen atoms in total. The molecule has 4 heteroatoms. The predicted octanol–water partition coefficient (Wildman–Crippen LogP) is 3.75. The molecule has 2 aromatic carbocycles. The van der Waals surface area contributed by atoms with Gasteiger partial charge < -0.3 is 14.2 Å². The molecule has 5 unspecified atom stereocenters. The second kappa shape index (κ2) is 5.54. The zero-order chi connectivity index (χ0) is 18.1. The number of hydrogen-bond donors (Lipinski definition) is 0. The van der Waals surface area contributed by atoms with Crippen molar-refractivity contribution in [1.82, 2.24) is 0 Å². The number of rotatable bonds is 2. The number of hydrogen-bond acceptors (Lipinski definition) is 4. The summed E-state index contributed by atoms with van der Waals surface area (Å²) in [5.74, 6) is 1.71. The molecular formula is C23H20O4. The highest BCUT2D eigenvalue weighted by molar-refractivity contribution is 5.83. The smallest absolute Gasteiger partial charge is 0.335 e. The van der Waals surface area contributed by atoms with E-state index in [2.05, 4.69) is 43.0 Å². The van der Waals surface area contributed by atoms with E-state index in [-0.39, 0.29) is 12.4 Å². The molecule has 0 radical (unpaired) electrons. The molecule has 4 bridgehead atoms. The highest BCUT2D eigenvalue weighted by Crippen LogP contribution is 2.63. The average molecular weight is 360 g/mol. The van der Waals surface area contributed by atoms with Gasteiger partial charge in [0.1, 0.15) is 5.75 Å². The van der Waals surface area contributed by atoms with Crippen molar-refractivity contribution in [3.63, 3.8) is 0 Å². The minimum Gasteiger partial charge on any atom is -0.423 e. The summed E-state index contributed by atoms with van der Waals surface area (Å²) in [7, 11) is 0. The number of ether oxygens (including phenoxy) is 3. The molecule has 0 saturated carbocycles. The van der Waals surface area contributed by atoms with Gasteiger partial charge in [-0.05, 0) is 40.3 Å². The van der Waals surface area contributed by atoms with E-state index >= 15 is 0 Å². The summed E-state index contributed by atoms with van der Waals surface area (Å²) in [6.07, 6.45) is 2.21. The van der Waals surface area contributed by atoms with Crippen LogP contribution in [0.15, 0.2) is 55.1 Å². The van der Waals surface area contributed by atoms with Gasteiger partial charge in [-0.1, -0.05) is 36.9 Å². The molecule has 5 aliphatic rings. The molecule has 6 atom stereocenters. The van der Waals surface area contributed by atoms with Crippen molar-refractivity contribution >= 4 is 5.97 Å². The lowest BCUT2D eigenvalue weighted by Gasteiger charge is -2.54. The van der Waals surface area contributed by atoms with Crippen molar-refractivity contribution in [3.05, 3.63) is 77.4 Å². The lowest BCUT2D eigenvalue weighted by atomic mass is 9.52. The lowest BCUT2D eigenvalue weighted by Crippen LogP contribution is -2.49. The van der Waals surface area contributed by atoms with Gasteiger partial charge >= 0.3 is 5.97 Å². The van der Waals surface area contributed by atoms with Crippen LogP contribution >= 0.6 is 0 Å². The summed E-state index contributed by atoms with van der Waals surface area (Å²) in [4.78, 5) is 11.7. The Labute approximate surface area is 157 Å². The third kappa shape index (κ3) is 2.08. The van der Waals surface area contributed by atoms with E-state index < -0.39 is 5.97 Å². The molecule has 0 spiro atoms. The number of benzene rings is 2. The van der Waals surface area contributed by atoms with E-state index in [0.29, 0.717) is 36.0 Å². The number of carbonyl (C=O) groups excluding carboxylic acids is 1. The SMILES string of the molecule is C=CC(=O)Oc1ccc2c(c1)C1c3ccccc3C2C2C3CO[C@H](CC12)O3. The maximum Gasteiger partial charge on any atom is 0.335 e. The van der Waals surface area contributed by atoms with Crippen LogP contribution in [0.4, 0.5) is 0 Å². The molecule has 3 aliphatic carbocycles. The minimum absolute atomic E-state index is 0.0759. The zero-order valence-corrected chi connectivity index (χ0v) is 14.8. The maximum absolute atomic E-state index is 11.7. The molecule has 0 aromatic heterocycles. The van der Waals surface area contributed by atoms with Crippen LogP contribution in [0.1, 0.15) is 40.5 Å². The zero-order valence-electron chi connectivity index (χ0n) is 14.8. The van der Waals surface area contributed by atoms with Crippen molar-refractivity contribution in [2.75, 3.05) is 6.61 Å². The van der Waals surface area contributed by atoms with Crippen LogP contribution < -0.4 is 4.74 Å². The quantitative estimate of drug-likeness (QED) is 0.465. The van der Waals surface area contributed by atoms with Crippen LogP contribution in [0.3, 0.4) is 0 Å². The predicted molar refractivity (Wildman–Crippen MR) is 98.6 cm³/mol. The van der Waals surface area contributed by atoms with Gasteiger partial charge in [0.2, 0.25) is 0 Å². The molecule has 136 valence electrons. The summed E-state index contributed by atoms with van der Waals surface area (Å²) >= 11 is 0. The largest absolute Gasteiger partial charge is 0.423 e. The summed E-state index contributed by atoms with van der Waals surface area (Å²) in [6, 6.07) is 14.9. The average Bonchev–Trinajstić information content (AvgIpc) is 3.08. The number of esters is 1. The van der Waals surface area contributed by atoms with Crippen LogP contribution in [-0.4, -0.2) is 25.0 Å². The first-order chi connectivity index (χ1) is 13.2. The Balaban J connectivity index is 1.53. The molecule has 7 rings (SSSR count). The standard InChI is InChI=1S/C23H20O4/c1-2-19(24)26-12-7-8-15-16(9-12)21-13-5-3-4-6-14(13)22(15)23-17(21)10-20-25-11-18(23)27-20/h2-9,17-18,20-23H,1,10-11H2/t17?,18?,20-,21?,22?,23?/m0/s1. The third-order valence-electron chi connectivity index (χ3n) is 6.75. The van der Waals surface area contributed by atoms with Gasteiger partial charge in [0.15, 0.2) is 6.29 Å². The Morgan fingerprint density at radius 3 is 2.67 bits per heavy atom. The van der Waals surface area contributed by atoms with E-state index in [9.17, 15) is 4.79 Å². The molecule has 2 aliphatic heterocycles. The van der Waals surface area contributed by atoms with Crippen LogP contribution in [-0.2, 0) is 14.3 Å². The topological polar surface area (TPSA) is 44.8 Å². The highest BCUT2D eigenvalue weighted by atomic mass is 16.7. The summed E-state index contributed by atoms with van der Waals surface area (Å²) < 4.78 is 17.4. The molecular weight excluding hydrogens is 340 g/mol. The van der Waals surface area contributed by atoms with Gasteiger partial charge in [-0.3, -0.25) is 0 Å². The van der Waals surface area contributed by atoms with E-state index in [4.69, 9.17) is 14.2 Å². The first-order valence-corrected chi connectivity index (χ1v) is 9.58. The summed E-state index contributed by atoms with van der Waals surface area (Å²) in [5, 5.41) is 0. The second-order valence-electron chi connectivity index (χ2n) is 7.91. The Morgan fingerprint density at radius 1 is 1.07 bits per heavy atom. The van der Waals surface area contributed by atoms with Gasteiger partial charge in [0.05, 0.1) is 12.7 Å². The number of fused-ring (bicyclic) bond motifs is 2. The van der Waals surface area contributed by atoms with Gasteiger partial charge in [0, 0.05) is 30.3 Å². The van der Waals surface area contributed by atoms with Crippen molar-refractivity contribution < 1.29 is 19.0 Å². The molecule has 0 amide bonds. The molecule has 2 fully saturated rings. The summed E-state index contributed by atoms with van der Waals surface area (Å²) in [6.45, 7) is 4.18. The monoisotopic (exact) mass is 360 g/mol. The maximum atomic E-state index is 11.7. The van der Waals surface area contributed by atoms with Crippen molar-refractivity contribution in [3.8, 4) is 5.75 Å². The van der Waals surface area contributed by atoms with E-state index in [1.807, 2.05) is 6.07 Å². The molecule has 2 heterocycles. The van der Waals surface area contributed by atoms with Crippen LogP contribution in [0.25, 0.3) is 0 Å². The summed E-state index contributed by atoms with van der Waals surface area (Å²) in [5.41, 5.74) is 5.45. The fraction of sp³-hybridized carbons (Fsp3) is 0.348. The van der Waals surface area contributed by atoms with Crippen molar-refractivity contribution in [2.24, 2.45) is 11.8 Å². The van der Waals surface area contributed by atoms with E-state index in [1.54, 1.807) is 0 Å². The van der Waals surface area contributed by atoms with Crippen LogP contribution in [0.2, 0.25) is 0 Å². The third-order valence-corrected chi connectivity index (χ3v) is 6.75. The van der Waals surface area contributed by atoms with Crippen LogP contribution in [0.5, 0.6) is 5.75 Å². The second-order valence-corrected chi connectivity index (χ2v) is 7.91. The normalized spacial score (nSPS) is 34.4. The van der Waals surface area contributed by atoms with Gasteiger partial charge in [-0.15, -0.1) is 0 Å². The van der Waals surface area contributed by atoms with E-state index in [1.165, 1.54) is 28.3 Å². The minimum atomic E-state index is -0.424. The van der Waals surface area contributed by atoms with Gasteiger partial charge in [-0.25, -0.2) is 4.79 Å². The van der Waals surface area contributed by atoms with E-state index in [0.717, 1.165) is 6.42 Å². The number of carbonyl (C=O) groups is 1. The van der Waals surface area contributed by atoms with Gasteiger partial charge in [0.25, 0.3) is 0 Å². The van der Waals surface area contributed by atoms with Crippen LogP contribution in [0, 0.1) is 11.8 Å². The van der Waals surface area contributed by atoms with Gasteiger partial charge in [-0.2, -0.15) is 0 Å². The molecule has 0 N–H and O–H groups in total.